The van der Waals surface area contributed by atoms with Crippen molar-refractivity contribution in [1.82, 2.24) is 0 Å². The molecule has 1 aliphatic rings. The summed E-state index contributed by atoms with van der Waals surface area (Å²) < 4.78 is 32.9. The van der Waals surface area contributed by atoms with Gasteiger partial charge >= 0.3 is 0 Å². The van der Waals surface area contributed by atoms with Crippen LogP contribution in [0.2, 0.25) is 0 Å². The quantitative estimate of drug-likeness (QED) is 0.776. The molecular weight excluding hydrogens is 262 g/mol. The molecule has 1 aromatic carbocycles. The molecule has 2 atom stereocenters. The first-order chi connectivity index (χ1) is 9.48. The number of hydrogen-bond donors (Lipinski definition) is 0. The minimum absolute atomic E-state index is 0.201. The van der Waals surface area contributed by atoms with Crippen molar-refractivity contribution < 1.29 is 18.3 Å². The lowest BCUT2D eigenvalue weighted by Crippen LogP contribution is -2.45. The fraction of sp³-hybridized carbons (Fsp3) is 0.562. The van der Waals surface area contributed by atoms with Gasteiger partial charge in [0.1, 0.15) is 17.2 Å². The third kappa shape index (κ3) is 2.90. The van der Waals surface area contributed by atoms with Crippen molar-refractivity contribution in [2.24, 2.45) is 5.92 Å². The summed E-state index contributed by atoms with van der Waals surface area (Å²) in [5.41, 5.74) is -1.20. The van der Waals surface area contributed by atoms with E-state index in [1.807, 2.05) is 6.92 Å². The zero-order chi connectivity index (χ0) is 14.8. The van der Waals surface area contributed by atoms with Gasteiger partial charge in [-0.2, -0.15) is 0 Å². The molecule has 110 valence electrons. The zero-order valence-corrected chi connectivity index (χ0v) is 11.9. The van der Waals surface area contributed by atoms with E-state index in [9.17, 15) is 13.6 Å². The van der Waals surface area contributed by atoms with Gasteiger partial charge in [0.2, 0.25) is 0 Å². The van der Waals surface area contributed by atoms with Crippen LogP contribution in [0.15, 0.2) is 18.2 Å². The molecule has 20 heavy (non-hydrogen) atoms. The van der Waals surface area contributed by atoms with Gasteiger partial charge in [-0.05, 0) is 50.3 Å². The second-order valence-corrected chi connectivity index (χ2v) is 5.58. The molecule has 1 aromatic rings. The van der Waals surface area contributed by atoms with E-state index in [1.165, 1.54) is 0 Å². The number of carbonyl (C=O) groups is 1. The van der Waals surface area contributed by atoms with Crippen molar-refractivity contribution in [3.05, 3.63) is 35.4 Å². The number of rotatable bonds is 4. The minimum atomic E-state index is -0.999. The molecule has 0 amide bonds. The first kappa shape index (κ1) is 15.1. The Balaban J connectivity index is 2.38. The molecule has 0 aromatic heterocycles. The second-order valence-electron chi connectivity index (χ2n) is 5.58. The topological polar surface area (TPSA) is 26.3 Å². The molecule has 0 heterocycles. The Hall–Kier alpha value is -1.29. The Morgan fingerprint density at radius 1 is 1.45 bits per heavy atom. The van der Waals surface area contributed by atoms with E-state index in [0.29, 0.717) is 25.4 Å². The first-order valence-electron chi connectivity index (χ1n) is 7.12. The molecule has 0 spiro atoms. The normalized spacial score (nSPS) is 26.5. The summed E-state index contributed by atoms with van der Waals surface area (Å²) in [7, 11) is 0. The molecule has 2 unspecified atom stereocenters. The lowest BCUT2D eigenvalue weighted by Gasteiger charge is -2.38. The van der Waals surface area contributed by atoms with Crippen molar-refractivity contribution in [3.63, 3.8) is 0 Å². The van der Waals surface area contributed by atoms with Crippen LogP contribution < -0.4 is 0 Å². The van der Waals surface area contributed by atoms with E-state index in [0.717, 1.165) is 31.0 Å². The Bertz CT molecular complexity index is 497. The van der Waals surface area contributed by atoms with Crippen LogP contribution in [-0.2, 0) is 4.74 Å². The van der Waals surface area contributed by atoms with Gasteiger partial charge in [0.05, 0.1) is 5.56 Å². The lowest BCUT2D eigenvalue weighted by molar-refractivity contribution is -0.0514. The van der Waals surface area contributed by atoms with Crippen LogP contribution in [0.4, 0.5) is 8.78 Å². The Morgan fingerprint density at radius 2 is 2.20 bits per heavy atom. The Morgan fingerprint density at radius 3 is 2.85 bits per heavy atom. The van der Waals surface area contributed by atoms with Crippen LogP contribution >= 0.6 is 0 Å². The molecule has 1 aliphatic carbocycles. The summed E-state index contributed by atoms with van der Waals surface area (Å²) in [6.45, 7) is 4.26. The molecule has 0 N–H and O–H groups in total. The molecule has 2 nitrogen and oxygen atoms in total. The van der Waals surface area contributed by atoms with E-state index in [2.05, 4.69) is 6.92 Å². The van der Waals surface area contributed by atoms with E-state index in [1.54, 1.807) is 0 Å². The van der Waals surface area contributed by atoms with Crippen molar-refractivity contribution >= 4 is 5.78 Å². The summed E-state index contributed by atoms with van der Waals surface area (Å²) in [4.78, 5) is 12.7. The average Bonchev–Trinajstić information content (AvgIpc) is 2.41. The van der Waals surface area contributed by atoms with Gasteiger partial charge in [0.15, 0.2) is 5.78 Å². The highest BCUT2D eigenvalue weighted by Crippen LogP contribution is 2.38. The molecular formula is C16H20F2O2. The van der Waals surface area contributed by atoms with Crippen LogP contribution in [0, 0.1) is 17.6 Å². The van der Waals surface area contributed by atoms with E-state index >= 15 is 0 Å². The smallest absolute Gasteiger partial charge is 0.197 e. The lowest BCUT2D eigenvalue weighted by atomic mass is 9.74. The zero-order valence-electron chi connectivity index (χ0n) is 11.9. The number of ether oxygens (including phenoxy) is 1. The standard InChI is InChI=1S/C16H20F2O2/c1-3-20-16(8-4-5-11(2)10-16)15(19)13-9-12(17)6-7-14(13)18/h6-7,9,11H,3-5,8,10H2,1-2H3. The minimum Gasteiger partial charge on any atom is -0.367 e. The third-order valence-electron chi connectivity index (χ3n) is 3.96. The van der Waals surface area contributed by atoms with Crippen molar-refractivity contribution in [2.75, 3.05) is 6.61 Å². The maximum Gasteiger partial charge on any atom is 0.197 e. The van der Waals surface area contributed by atoms with E-state index in [-0.39, 0.29) is 5.56 Å². The van der Waals surface area contributed by atoms with E-state index < -0.39 is 23.0 Å². The Labute approximate surface area is 118 Å². The molecule has 4 heteroatoms. The highest BCUT2D eigenvalue weighted by atomic mass is 19.1. The predicted molar refractivity (Wildman–Crippen MR) is 72.7 cm³/mol. The molecule has 2 rings (SSSR count). The summed E-state index contributed by atoms with van der Waals surface area (Å²) >= 11 is 0. The van der Waals surface area contributed by atoms with Crippen molar-refractivity contribution in [1.29, 1.82) is 0 Å². The van der Waals surface area contributed by atoms with Gasteiger partial charge in [-0.3, -0.25) is 4.79 Å². The van der Waals surface area contributed by atoms with Crippen LogP contribution in [-0.4, -0.2) is 18.0 Å². The van der Waals surface area contributed by atoms with Gasteiger partial charge in [0.25, 0.3) is 0 Å². The number of ketones is 1. The van der Waals surface area contributed by atoms with Crippen LogP contribution in [0.5, 0.6) is 0 Å². The van der Waals surface area contributed by atoms with Gasteiger partial charge in [-0.1, -0.05) is 13.3 Å². The maximum absolute atomic E-state index is 13.8. The van der Waals surface area contributed by atoms with Gasteiger partial charge in [0, 0.05) is 6.61 Å². The SMILES string of the molecule is CCOC1(C(=O)c2cc(F)ccc2F)CCCC(C)C1. The van der Waals surface area contributed by atoms with Crippen molar-refractivity contribution in [2.45, 2.75) is 45.1 Å². The summed E-state index contributed by atoms with van der Waals surface area (Å²) in [5.74, 6) is -1.38. The summed E-state index contributed by atoms with van der Waals surface area (Å²) in [6.07, 6.45) is 3.03. The monoisotopic (exact) mass is 282 g/mol. The molecule has 0 saturated heterocycles. The largest absolute Gasteiger partial charge is 0.367 e. The molecule has 0 radical (unpaired) electrons. The number of Topliss-reactive ketones (excluding diaryl/α,β-unsaturated/α-hetero) is 1. The molecule has 0 aliphatic heterocycles. The molecule has 0 bridgehead atoms. The van der Waals surface area contributed by atoms with Gasteiger partial charge in [-0.25, -0.2) is 8.78 Å². The maximum atomic E-state index is 13.8. The van der Waals surface area contributed by atoms with Crippen LogP contribution in [0.1, 0.15) is 49.9 Å². The van der Waals surface area contributed by atoms with E-state index in [4.69, 9.17) is 4.74 Å². The number of benzene rings is 1. The highest BCUT2D eigenvalue weighted by molar-refractivity contribution is 6.02. The fourth-order valence-electron chi connectivity index (χ4n) is 3.10. The van der Waals surface area contributed by atoms with Crippen molar-refractivity contribution in [3.8, 4) is 0 Å². The number of carbonyl (C=O) groups excluding carboxylic acids is 1. The van der Waals surface area contributed by atoms with Gasteiger partial charge < -0.3 is 4.74 Å². The van der Waals surface area contributed by atoms with Gasteiger partial charge in [-0.15, -0.1) is 0 Å². The molecule has 1 saturated carbocycles. The number of halogens is 2. The van der Waals surface area contributed by atoms with Crippen LogP contribution in [0.3, 0.4) is 0 Å². The highest BCUT2D eigenvalue weighted by Gasteiger charge is 2.43. The predicted octanol–water partition coefficient (Wildman–Crippen LogP) is 4.13. The Kier molecular flexibility index (Phi) is 4.53. The second kappa shape index (κ2) is 6.00. The summed E-state index contributed by atoms with van der Waals surface area (Å²) in [6, 6.07) is 2.98. The number of hydrogen-bond acceptors (Lipinski definition) is 2. The average molecular weight is 282 g/mol. The summed E-state index contributed by atoms with van der Waals surface area (Å²) in [5, 5.41) is 0. The first-order valence-corrected chi connectivity index (χ1v) is 7.12. The van der Waals surface area contributed by atoms with Crippen LogP contribution in [0.25, 0.3) is 0 Å². The molecule has 1 fully saturated rings. The third-order valence-corrected chi connectivity index (χ3v) is 3.96. The fourth-order valence-corrected chi connectivity index (χ4v) is 3.10.